The number of benzene rings is 1. The lowest BCUT2D eigenvalue weighted by molar-refractivity contribution is -0.150. The number of urea groups is 1. The summed E-state index contributed by atoms with van der Waals surface area (Å²) in [5.41, 5.74) is 1.31. The number of fused-ring (bicyclic) bond motifs is 1. The molecule has 10 N–H and O–H groups in total. The zero-order valence-corrected chi connectivity index (χ0v) is 36.2. The van der Waals surface area contributed by atoms with Gasteiger partial charge in [0.1, 0.15) is 6.61 Å². The molecule has 22 heteroatoms. The monoisotopic (exact) mass is 895 g/mol. The lowest BCUT2D eigenvalue weighted by Gasteiger charge is -2.37. The number of anilines is 1. The molecule has 1 aromatic rings. The van der Waals surface area contributed by atoms with Gasteiger partial charge in [0.2, 0.25) is 11.8 Å². The van der Waals surface area contributed by atoms with Crippen LogP contribution in [0.25, 0.3) is 0 Å². The fourth-order valence-corrected chi connectivity index (χ4v) is 9.13. The average Bonchev–Trinajstić information content (AvgIpc) is 3.78. The standard InChI is InChI=1S/C40H65N9O12S/c1-45-13-15-47(21-35(53)54)17-18-49(26-50)29(20-48(16-14-45)22-36(55)56)19-27-7-9-28(10-8-27)42-33(51)11-12-37(57)61-23-30(39(58)59)41-25-46(2)34(52)6-4-3-5-32-38-31(24-62-32)43-40(60)44-38/h1,7-10,29-32,35,38-39,41,50,53-54,58-59H,3-6,11-26H2,2H3,(H,42,51)(H,55,56)(H2,43,44,60). The number of hydrogen-bond donors (Lipinski definition) is 10. The highest BCUT2D eigenvalue weighted by atomic mass is 32.2. The Morgan fingerprint density at radius 1 is 0.968 bits per heavy atom. The number of carbonyl (C=O) groups excluding carboxylic acids is 4. The smallest absolute Gasteiger partial charge is 0.317 e. The molecule has 62 heavy (non-hydrogen) atoms. The fourth-order valence-electron chi connectivity index (χ4n) is 7.59. The van der Waals surface area contributed by atoms with Crippen LogP contribution in [0.15, 0.2) is 24.3 Å². The van der Waals surface area contributed by atoms with Crippen LogP contribution in [0.3, 0.4) is 0 Å². The Morgan fingerprint density at radius 3 is 2.35 bits per heavy atom. The molecular formula is C40H65N9O12S. The largest absolute Gasteiger partial charge is 0.480 e. The number of hydrogen-bond acceptors (Lipinski definition) is 17. The van der Waals surface area contributed by atoms with Gasteiger partial charge in [-0.05, 0) is 37.0 Å². The Bertz CT molecular complexity index is 1580. The molecule has 0 bridgehead atoms. The van der Waals surface area contributed by atoms with Gasteiger partial charge in [-0.3, -0.25) is 44.1 Å². The van der Waals surface area contributed by atoms with Gasteiger partial charge >= 0.3 is 18.0 Å². The molecule has 348 valence electrons. The number of aliphatic carboxylic acids is 1. The van der Waals surface area contributed by atoms with Crippen molar-refractivity contribution in [3.8, 4) is 0 Å². The number of unbranched alkanes of at least 4 members (excludes halogenated alkanes) is 1. The first-order valence-corrected chi connectivity index (χ1v) is 22.1. The van der Waals surface area contributed by atoms with Crippen LogP contribution >= 0.6 is 11.8 Å². The van der Waals surface area contributed by atoms with Gasteiger partial charge in [-0.2, -0.15) is 11.8 Å². The quantitative estimate of drug-likeness (QED) is 0.0249. The molecular weight excluding hydrogens is 831 g/mol. The van der Waals surface area contributed by atoms with Crippen LogP contribution in [0.2, 0.25) is 0 Å². The summed E-state index contributed by atoms with van der Waals surface area (Å²) in [5, 5.41) is 70.6. The molecule has 0 saturated carbocycles. The van der Waals surface area contributed by atoms with Crippen molar-refractivity contribution < 1.29 is 59.3 Å². The summed E-state index contributed by atoms with van der Waals surface area (Å²) < 4.78 is 5.20. The van der Waals surface area contributed by atoms with Crippen molar-refractivity contribution in [2.45, 2.75) is 86.9 Å². The summed E-state index contributed by atoms with van der Waals surface area (Å²) in [7, 11) is 7.74. The third-order valence-corrected chi connectivity index (χ3v) is 12.7. The zero-order valence-electron chi connectivity index (χ0n) is 35.3. The van der Waals surface area contributed by atoms with Crippen molar-refractivity contribution in [2.24, 2.45) is 0 Å². The summed E-state index contributed by atoms with van der Waals surface area (Å²) in [6.07, 6.45) is -0.838. The number of esters is 1. The number of carboxylic acid groups (broad SMARTS) is 1. The van der Waals surface area contributed by atoms with E-state index in [1.807, 2.05) is 21.6 Å². The van der Waals surface area contributed by atoms with E-state index in [0.29, 0.717) is 76.0 Å². The van der Waals surface area contributed by atoms with Gasteiger partial charge in [0.25, 0.3) is 0 Å². The molecule has 4 rings (SSSR count). The predicted octanol–water partition coefficient (Wildman–Crippen LogP) is -2.49. The fraction of sp³-hybridized carbons (Fsp3) is 0.700. The predicted molar refractivity (Wildman–Crippen MR) is 228 cm³/mol. The highest BCUT2D eigenvalue weighted by Crippen LogP contribution is 2.33. The molecule has 3 aliphatic rings. The molecule has 3 heterocycles. The average molecular weight is 896 g/mol. The van der Waals surface area contributed by atoms with Gasteiger partial charge in [-0.15, -0.1) is 0 Å². The number of ether oxygens (including phenoxy) is 1. The number of thioether (sulfide) groups is 1. The minimum atomic E-state index is -1.89. The number of carbonyl (C=O) groups is 5. The molecule has 0 spiro atoms. The molecule has 3 saturated heterocycles. The third kappa shape index (κ3) is 17.8. The van der Waals surface area contributed by atoms with Crippen molar-refractivity contribution in [1.29, 1.82) is 0 Å². The molecule has 1 aromatic carbocycles. The van der Waals surface area contributed by atoms with E-state index in [4.69, 9.17) is 11.8 Å². The second-order valence-electron chi connectivity index (χ2n) is 16.0. The number of rotatable bonds is 22. The molecule has 0 aliphatic carbocycles. The summed E-state index contributed by atoms with van der Waals surface area (Å²) in [5.74, 6) is -1.46. The van der Waals surface area contributed by atoms with E-state index in [1.165, 1.54) is 4.90 Å². The van der Waals surface area contributed by atoms with Crippen molar-refractivity contribution in [3.63, 3.8) is 0 Å². The van der Waals surface area contributed by atoms with E-state index >= 15 is 0 Å². The Hall–Kier alpha value is -3.68. The maximum absolute atomic E-state index is 12.7. The van der Waals surface area contributed by atoms with Crippen LogP contribution in [0.5, 0.6) is 0 Å². The number of aliphatic hydroxyl groups is 5. The van der Waals surface area contributed by atoms with E-state index < -0.39 is 43.1 Å². The molecule has 4 amide bonds. The van der Waals surface area contributed by atoms with Crippen LogP contribution in [0, 0.1) is 7.05 Å². The Labute approximate surface area is 367 Å². The van der Waals surface area contributed by atoms with E-state index in [0.717, 1.165) is 24.2 Å². The van der Waals surface area contributed by atoms with Crippen LogP contribution in [-0.4, -0.2) is 219 Å². The van der Waals surface area contributed by atoms with Crippen LogP contribution < -0.4 is 21.3 Å². The van der Waals surface area contributed by atoms with Crippen LogP contribution in [0.1, 0.15) is 44.1 Å². The SMILES string of the molecule is [CH]N1CCN(CC(O)O)CCN(CO)C(Cc2ccc(NC(=O)CCC(=O)OCC(NCN(C)C(=O)CCCCC3SCC4NC(=O)NC43)C(O)O)cc2)CN(CC(=O)O)CC1. The lowest BCUT2D eigenvalue weighted by Crippen LogP contribution is -2.52. The number of nitrogens with one attached hydrogen (secondary N) is 4. The second kappa shape index (κ2) is 26.2. The van der Waals surface area contributed by atoms with Crippen LogP contribution in [-0.2, 0) is 30.3 Å². The van der Waals surface area contributed by atoms with Gasteiger partial charge in [-0.25, -0.2) is 4.79 Å². The summed E-state index contributed by atoms with van der Waals surface area (Å²) in [6, 6.07) is 5.68. The lowest BCUT2D eigenvalue weighted by atomic mass is 10.0. The van der Waals surface area contributed by atoms with Crippen molar-refractivity contribution in [1.82, 2.24) is 40.4 Å². The first kappa shape index (κ1) is 51.0. The zero-order chi connectivity index (χ0) is 45.2. The Morgan fingerprint density at radius 2 is 1.68 bits per heavy atom. The molecule has 3 fully saturated rings. The Balaban J connectivity index is 1.19. The maximum Gasteiger partial charge on any atom is 0.317 e. The number of nitrogens with zero attached hydrogens (tertiary/aromatic N) is 5. The topological polar surface area (TPSA) is 280 Å². The number of carboxylic acids is 1. The van der Waals surface area contributed by atoms with Gasteiger partial charge in [0, 0.05) is 102 Å². The van der Waals surface area contributed by atoms with Gasteiger partial charge in [0.15, 0.2) is 12.6 Å². The maximum atomic E-state index is 12.7. The first-order valence-electron chi connectivity index (χ1n) is 21.0. The molecule has 21 nitrogen and oxygen atoms in total. The molecule has 5 atom stereocenters. The van der Waals surface area contributed by atoms with Crippen LogP contribution in [0.4, 0.5) is 10.5 Å². The summed E-state index contributed by atoms with van der Waals surface area (Å²) >= 11 is 1.82. The van der Waals surface area contributed by atoms with E-state index in [9.17, 15) is 54.6 Å². The summed E-state index contributed by atoms with van der Waals surface area (Å²) in [6.45, 7) is 1.66. The molecule has 2 radical (unpaired) electrons. The molecule has 5 unspecified atom stereocenters. The van der Waals surface area contributed by atoms with Crippen molar-refractivity contribution in [3.05, 3.63) is 36.9 Å². The first-order chi connectivity index (χ1) is 29.6. The number of β-amino-alcohol motifs (C(OH)–C–C–N with tert-alkyl or cyclic N) is 2. The highest BCUT2D eigenvalue weighted by molar-refractivity contribution is 8.00. The summed E-state index contributed by atoms with van der Waals surface area (Å²) in [4.78, 5) is 69.6. The normalized spacial score (nSPS) is 22.6. The molecule has 0 aromatic heterocycles. The van der Waals surface area contributed by atoms with Gasteiger partial charge in [0.05, 0.1) is 44.5 Å². The Kier molecular flexibility index (Phi) is 21.5. The van der Waals surface area contributed by atoms with E-state index in [-0.39, 0.29) is 69.4 Å². The van der Waals surface area contributed by atoms with Gasteiger partial charge in [-0.1, -0.05) is 18.6 Å². The number of aliphatic hydroxyl groups excluding tert-OH is 3. The van der Waals surface area contributed by atoms with E-state index in [1.54, 1.807) is 41.1 Å². The number of amides is 4. The highest BCUT2D eigenvalue weighted by Gasteiger charge is 2.42. The van der Waals surface area contributed by atoms with Crippen molar-refractivity contribution in [2.75, 3.05) is 97.0 Å². The second-order valence-corrected chi connectivity index (χ2v) is 17.3. The van der Waals surface area contributed by atoms with Gasteiger partial charge < -0.3 is 56.2 Å². The minimum absolute atomic E-state index is 0.00240. The van der Waals surface area contributed by atoms with Crippen molar-refractivity contribution >= 4 is 47.2 Å². The minimum Gasteiger partial charge on any atom is -0.480 e. The molecule has 3 aliphatic heterocycles. The third-order valence-electron chi connectivity index (χ3n) is 11.2. The van der Waals surface area contributed by atoms with E-state index in [2.05, 4.69) is 21.3 Å².